The summed E-state index contributed by atoms with van der Waals surface area (Å²) in [4.78, 5) is 16.9. The van der Waals surface area contributed by atoms with Crippen LogP contribution in [0.2, 0.25) is 0 Å². The van der Waals surface area contributed by atoms with Gasteiger partial charge in [-0.15, -0.1) is 0 Å². The number of nitrogens with one attached hydrogen (secondary N) is 1. The number of hydrogen-bond acceptors (Lipinski definition) is 3. The summed E-state index contributed by atoms with van der Waals surface area (Å²) in [6, 6.07) is 10.7. The zero-order valence-electron chi connectivity index (χ0n) is 15.3. The van der Waals surface area contributed by atoms with E-state index in [4.69, 9.17) is 4.74 Å². The van der Waals surface area contributed by atoms with Crippen LogP contribution in [0.5, 0.6) is 0 Å². The number of carbonyl (C=O) groups is 1. The van der Waals surface area contributed by atoms with E-state index in [2.05, 4.69) is 29.3 Å². The van der Waals surface area contributed by atoms with Crippen LogP contribution < -0.4 is 5.32 Å². The molecule has 2 aliphatic heterocycles. The largest absolute Gasteiger partial charge is 0.373 e. The Morgan fingerprint density at radius 3 is 2.64 bits per heavy atom. The fourth-order valence-electron chi connectivity index (χ4n) is 3.74. The van der Waals surface area contributed by atoms with Gasteiger partial charge in [-0.1, -0.05) is 37.3 Å². The molecule has 2 aliphatic rings. The molecule has 1 unspecified atom stereocenters. The normalized spacial score (nSPS) is 22.8. The average molecular weight is 345 g/mol. The highest BCUT2D eigenvalue weighted by Crippen LogP contribution is 2.17. The van der Waals surface area contributed by atoms with Gasteiger partial charge >= 0.3 is 6.03 Å². The van der Waals surface area contributed by atoms with E-state index < -0.39 is 0 Å². The molecule has 0 bridgehead atoms. The van der Waals surface area contributed by atoms with Crippen molar-refractivity contribution < 1.29 is 9.53 Å². The topological polar surface area (TPSA) is 44.8 Å². The molecule has 0 radical (unpaired) electrons. The number of nitrogens with zero attached hydrogens (tertiary/aromatic N) is 2. The van der Waals surface area contributed by atoms with Gasteiger partial charge in [-0.25, -0.2) is 4.79 Å². The number of piperidine rings is 2. The zero-order chi connectivity index (χ0) is 17.5. The Hall–Kier alpha value is -1.59. The van der Waals surface area contributed by atoms with Crippen LogP contribution in [-0.2, 0) is 11.3 Å². The first kappa shape index (κ1) is 18.2. The van der Waals surface area contributed by atoms with E-state index in [-0.39, 0.29) is 12.1 Å². The first-order valence-corrected chi connectivity index (χ1v) is 9.68. The van der Waals surface area contributed by atoms with Crippen LogP contribution in [0.3, 0.4) is 0 Å². The van der Waals surface area contributed by atoms with Gasteiger partial charge in [0.1, 0.15) is 0 Å². The number of ether oxygens (including phenoxy) is 1. The standard InChI is InChI=1S/C20H31N3O2/c1-2-22-12-6-9-18(15-22)21-20(24)23-13-10-19(11-14-23)25-16-17-7-4-3-5-8-17/h3-5,7-8,18-19H,2,6,9-16H2,1H3,(H,21,24). The molecule has 138 valence electrons. The quantitative estimate of drug-likeness (QED) is 0.892. The molecule has 2 heterocycles. The fraction of sp³-hybridized carbons (Fsp3) is 0.650. The van der Waals surface area contributed by atoms with Crippen LogP contribution in [0.1, 0.15) is 38.2 Å². The van der Waals surface area contributed by atoms with E-state index in [9.17, 15) is 4.79 Å². The van der Waals surface area contributed by atoms with Crippen molar-refractivity contribution >= 4 is 6.03 Å². The van der Waals surface area contributed by atoms with Gasteiger partial charge in [0.15, 0.2) is 0 Å². The zero-order valence-corrected chi connectivity index (χ0v) is 15.3. The number of likely N-dealkylation sites (tertiary alicyclic amines) is 2. The molecule has 0 spiro atoms. The lowest BCUT2D eigenvalue weighted by Crippen LogP contribution is -2.53. The Morgan fingerprint density at radius 2 is 1.92 bits per heavy atom. The Bertz CT molecular complexity index is 529. The van der Waals surface area contributed by atoms with E-state index in [1.165, 1.54) is 12.0 Å². The van der Waals surface area contributed by atoms with Gasteiger partial charge < -0.3 is 19.9 Å². The van der Waals surface area contributed by atoms with Crippen molar-refractivity contribution in [3.8, 4) is 0 Å². The van der Waals surface area contributed by atoms with Crippen LogP contribution in [0.15, 0.2) is 30.3 Å². The highest BCUT2D eigenvalue weighted by atomic mass is 16.5. The molecule has 1 aromatic carbocycles. The maximum absolute atomic E-state index is 12.5. The second kappa shape index (κ2) is 9.20. The number of carbonyl (C=O) groups excluding carboxylic acids is 1. The lowest BCUT2D eigenvalue weighted by Gasteiger charge is -2.36. The summed E-state index contributed by atoms with van der Waals surface area (Å²) in [5.41, 5.74) is 1.21. The second-order valence-electron chi connectivity index (χ2n) is 7.16. The molecule has 2 fully saturated rings. The van der Waals surface area contributed by atoms with Gasteiger partial charge in [-0.3, -0.25) is 0 Å². The number of likely N-dealkylation sites (N-methyl/N-ethyl adjacent to an activating group) is 1. The van der Waals surface area contributed by atoms with E-state index >= 15 is 0 Å². The molecule has 5 nitrogen and oxygen atoms in total. The third-order valence-electron chi connectivity index (χ3n) is 5.34. The van der Waals surface area contributed by atoms with Crippen molar-refractivity contribution in [2.75, 3.05) is 32.7 Å². The molecule has 1 N–H and O–H groups in total. The molecule has 3 rings (SSSR count). The number of urea groups is 1. The fourth-order valence-corrected chi connectivity index (χ4v) is 3.74. The van der Waals surface area contributed by atoms with E-state index in [1.807, 2.05) is 23.1 Å². The van der Waals surface area contributed by atoms with Gasteiger partial charge in [0.25, 0.3) is 0 Å². The van der Waals surface area contributed by atoms with Gasteiger partial charge in [0.2, 0.25) is 0 Å². The van der Waals surface area contributed by atoms with Gasteiger partial charge in [-0.05, 0) is 44.3 Å². The first-order valence-electron chi connectivity index (χ1n) is 9.68. The maximum Gasteiger partial charge on any atom is 0.317 e. The monoisotopic (exact) mass is 345 g/mol. The molecule has 0 aromatic heterocycles. The van der Waals surface area contributed by atoms with Crippen molar-refractivity contribution in [2.45, 2.75) is 51.4 Å². The Labute approximate surface area is 151 Å². The van der Waals surface area contributed by atoms with Crippen LogP contribution in [-0.4, -0.2) is 60.7 Å². The minimum atomic E-state index is 0.101. The molecular formula is C20H31N3O2. The average Bonchev–Trinajstić information content (AvgIpc) is 2.67. The smallest absolute Gasteiger partial charge is 0.317 e. The molecule has 5 heteroatoms. The van der Waals surface area contributed by atoms with Crippen LogP contribution >= 0.6 is 0 Å². The lowest BCUT2D eigenvalue weighted by atomic mass is 10.1. The molecule has 2 saturated heterocycles. The molecule has 1 aromatic rings. The molecule has 1 atom stereocenters. The first-order chi connectivity index (χ1) is 12.2. The molecular weight excluding hydrogens is 314 g/mol. The van der Waals surface area contributed by atoms with E-state index in [1.54, 1.807) is 0 Å². The van der Waals surface area contributed by atoms with Crippen molar-refractivity contribution in [3.05, 3.63) is 35.9 Å². The predicted octanol–water partition coefficient (Wildman–Crippen LogP) is 2.86. The summed E-state index contributed by atoms with van der Waals surface area (Å²) in [7, 11) is 0. The van der Waals surface area contributed by atoms with Crippen LogP contribution in [0.25, 0.3) is 0 Å². The lowest BCUT2D eigenvalue weighted by molar-refractivity contribution is 0.00410. The number of rotatable bonds is 5. The molecule has 2 amide bonds. The maximum atomic E-state index is 12.5. The molecule has 0 saturated carbocycles. The number of hydrogen-bond donors (Lipinski definition) is 1. The summed E-state index contributed by atoms with van der Waals surface area (Å²) < 4.78 is 6.01. The summed E-state index contributed by atoms with van der Waals surface area (Å²) in [6.45, 7) is 7.63. The van der Waals surface area contributed by atoms with Crippen molar-refractivity contribution in [1.29, 1.82) is 0 Å². The molecule has 25 heavy (non-hydrogen) atoms. The summed E-state index contributed by atoms with van der Waals surface area (Å²) in [6.07, 6.45) is 4.37. The minimum absolute atomic E-state index is 0.101. The van der Waals surface area contributed by atoms with Crippen molar-refractivity contribution in [1.82, 2.24) is 15.1 Å². The highest BCUT2D eigenvalue weighted by molar-refractivity contribution is 5.74. The van der Waals surface area contributed by atoms with Crippen LogP contribution in [0, 0.1) is 0 Å². The predicted molar refractivity (Wildman–Crippen MR) is 99.5 cm³/mol. The summed E-state index contributed by atoms with van der Waals surface area (Å²) in [5.74, 6) is 0. The molecule has 0 aliphatic carbocycles. The third-order valence-corrected chi connectivity index (χ3v) is 5.34. The Kier molecular flexibility index (Phi) is 6.70. The number of benzene rings is 1. The SMILES string of the molecule is CCN1CCCC(NC(=O)N2CCC(OCc3ccccc3)CC2)C1. The van der Waals surface area contributed by atoms with Crippen LogP contribution in [0.4, 0.5) is 4.79 Å². The van der Waals surface area contributed by atoms with Crippen molar-refractivity contribution in [2.24, 2.45) is 0 Å². The van der Waals surface area contributed by atoms with E-state index in [0.29, 0.717) is 12.6 Å². The van der Waals surface area contributed by atoms with E-state index in [0.717, 1.165) is 52.0 Å². The Balaban J connectivity index is 1.37. The van der Waals surface area contributed by atoms with Gasteiger partial charge in [-0.2, -0.15) is 0 Å². The Morgan fingerprint density at radius 1 is 1.16 bits per heavy atom. The van der Waals surface area contributed by atoms with Crippen molar-refractivity contribution in [3.63, 3.8) is 0 Å². The van der Waals surface area contributed by atoms with Gasteiger partial charge in [0.05, 0.1) is 12.7 Å². The van der Waals surface area contributed by atoms with Gasteiger partial charge in [0, 0.05) is 25.7 Å². The number of amides is 2. The highest BCUT2D eigenvalue weighted by Gasteiger charge is 2.26. The minimum Gasteiger partial charge on any atom is -0.373 e. The summed E-state index contributed by atoms with van der Waals surface area (Å²) in [5, 5.41) is 3.23. The second-order valence-corrected chi connectivity index (χ2v) is 7.16. The summed E-state index contributed by atoms with van der Waals surface area (Å²) >= 11 is 0. The third kappa shape index (κ3) is 5.44.